The summed E-state index contributed by atoms with van der Waals surface area (Å²) in [6.45, 7) is 1.96. The molecule has 0 bridgehead atoms. The highest BCUT2D eigenvalue weighted by Gasteiger charge is 2.09. The molecule has 1 aromatic carbocycles. The van der Waals surface area contributed by atoms with E-state index in [9.17, 15) is 4.79 Å². The molecule has 0 spiro atoms. The van der Waals surface area contributed by atoms with E-state index < -0.39 is 0 Å². The Bertz CT molecular complexity index is 606. The molecule has 1 amide bonds. The van der Waals surface area contributed by atoms with Crippen molar-refractivity contribution in [2.75, 3.05) is 0 Å². The van der Waals surface area contributed by atoms with Gasteiger partial charge in [-0.1, -0.05) is 31.0 Å². The first-order chi connectivity index (χ1) is 9.24. The Morgan fingerprint density at radius 1 is 1.47 bits per heavy atom. The third kappa shape index (κ3) is 3.17. The topological polar surface area (TPSA) is 44.9 Å². The molecule has 3 nitrogen and oxygen atoms in total. The molecule has 0 radical (unpaired) electrons. The van der Waals surface area contributed by atoms with E-state index in [2.05, 4.69) is 22.3 Å². The first-order valence-corrected chi connectivity index (χ1v) is 6.55. The first-order valence-electron chi connectivity index (χ1n) is 6.55. The van der Waals surface area contributed by atoms with Crippen LogP contribution in [0, 0.1) is 12.3 Å². The van der Waals surface area contributed by atoms with E-state index in [-0.39, 0.29) is 11.9 Å². The van der Waals surface area contributed by atoms with Crippen molar-refractivity contribution in [2.45, 2.75) is 32.2 Å². The lowest BCUT2D eigenvalue weighted by Crippen LogP contribution is -2.33. The van der Waals surface area contributed by atoms with Crippen LogP contribution in [0.2, 0.25) is 0 Å². The van der Waals surface area contributed by atoms with Crippen molar-refractivity contribution < 1.29 is 4.79 Å². The van der Waals surface area contributed by atoms with Crippen molar-refractivity contribution >= 4 is 16.8 Å². The number of H-pyrrole nitrogens is 1. The maximum atomic E-state index is 11.8. The summed E-state index contributed by atoms with van der Waals surface area (Å²) in [4.78, 5) is 15.0. The van der Waals surface area contributed by atoms with Gasteiger partial charge in [-0.05, 0) is 24.5 Å². The Morgan fingerprint density at radius 2 is 2.26 bits per heavy atom. The molecule has 0 fully saturated rings. The lowest BCUT2D eigenvalue weighted by Gasteiger charge is -2.10. The van der Waals surface area contributed by atoms with Crippen LogP contribution >= 0.6 is 0 Å². The third-order valence-corrected chi connectivity index (χ3v) is 3.24. The van der Waals surface area contributed by atoms with Gasteiger partial charge in [0.05, 0.1) is 6.04 Å². The van der Waals surface area contributed by atoms with Crippen LogP contribution < -0.4 is 5.32 Å². The number of aromatic nitrogens is 1. The van der Waals surface area contributed by atoms with Crippen LogP contribution in [0.1, 0.15) is 25.3 Å². The van der Waals surface area contributed by atoms with Gasteiger partial charge in [0.2, 0.25) is 5.91 Å². The lowest BCUT2D eigenvalue weighted by atomic mass is 10.1. The Kier molecular flexibility index (Phi) is 4.25. The number of amides is 1. The summed E-state index contributed by atoms with van der Waals surface area (Å²) in [7, 11) is 0. The van der Waals surface area contributed by atoms with Gasteiger partial charge in [-0.2, -0.15) is 0 Å². The monoisotopic (exact) mass is 254 g/mol. The fraction of sp³-hybridized carbons (Fsp3) is 0.312. The molecule has 1 heterocycles. The maximum Gasteiger partial charge on any atom is 0.221 e. The molecule has 3 heteroatoms. The number of aryl methyl sites for hydroxylation is 1. The highest BCUT2D eigenvalue weighted by Crippen LogP contribution is 2.18. The summed E-state index contributed by atoms with van der Waals surface area (Å²) in [5.41, 5.74) is 2.27. The molecule has 2 rings (SSSR count). The number of benzene rings is 1. The van der Waals surface area contributed by atoms with Crippen LogP contribution in [0.3, 0.4) is 0 Å². The molecule has 2 aromatic rings. The highest BCUT2D eigenvalue weighted by molar-refractivity contribution is 5.84. The van der Waals surface area contributed by atoms with Crippen LogP contribution in [0.5, 0.6) is 0 Å². The lowest BCUT2D eigenvalue weighted by molar-refractivity contribution is -0.121. The Hall–Kier alpha value is -2.21. The molecule has 0 aliphatic carbocycles. The van der Waals surface area contributed by atoms with Crippen molar-refractivity contribution in [3.05, 3.63) is 36.0 Å². The second-order valence-corrected chi connectivity index (χ2v) is 4.55. The van der Waals surface area contributed by atoms with Crippen LogP contribution in [0.4, 0.5) is 0 Å². The molecule has 0 saturated heterocycles. The Morgan fingerprint density at radius 3 is 3.00 bits per heavy atom. The minimum absolute atomic E-state index is 0.00933. The third-order valence-electron chi connectivity index (χ3n) is 3.24. The van der Waals surface area contributed by atoms with E-state index in [1.807, 2.05) is 31.3 Å². The zero-order chi connectivity index (χ0) is 13.7. The van der Waals surface area contributed by atoms with Gasteiger partial charge in [0.25, 0.3) is 0 Å². The van der Waals surface area contributed by atoms with Crippen molar-refractivity contribution in [2.24, 2.45) is 0 Å². The number of aromatic amines is 1. The molecule has 1 atom stereocenters. The summed E-state index contributed by atoms with van der Waals surface area (Å²) in [6, 6.07) is 7.94. The zero-order valence-electron chi connectivity index (χ0n) is 11.1. The van der Waals surface area contributed by atoms with Gasteiger partial charge >= 0.3 is 0 Å². The number of rotatable bonds is 5. The van der Waals surface area contributed by atoms with Gasteiger partial charge in [-0.15, -0.1) is 6.42 Å². The molecule has 2 N–H and O–H groups in total. The number of carbonyl (C=O) groups is 1. The summed E-state index contributed by atoms with van der Waals surface area (Å²) >= 11 is 0. The van der Waals surface area contributed by atoms with E-state index in [4.69, 9.17) is 6.42 Å². The van der Waals surface area contributed by atoms with Crippen LogP contribution in [-0.2, 0) is 11.2 Å². The number of fused-ring (bicyclic) bond motifs is 1. The van der Waals surface area contributed by atoms with Crippen LogP contribution in [0.25, 0.3) is 10.9 Å². The van der Waals surface area contributed by atoms with Gasteiger partial charge < -0.3 is 10.3 Å². The van der Waals surface area contributed by atoms with Crippen molar-refractivity contribution in [1.29, 1.82) is 0 Å². The molecule has 0 aliphatic rings. The van der Waals surface area contributed by atoms with Gasteiger partial charge in [0.1, 0.15) is 0 Å². The van der Waals surface area contributed by atoms with Crippen molar-refractivity contribution in [3.8, 4) is 12.3 Å². The van der Waals surface area contributed by atoms with Gasteiger partial charge in [-0.3, -0.25) is 4.79 Å². The van der Waals surface area contributed by atoms with E-state index in [1.54, 1.807) is 0 Å². The number of hydrogen-bond acceptors (Lipinski definition) is 1. The number of nitrogens with one attached hydrogen (secondary N) is 2. The average Bonchev–Trinajstić information content (AvgIpc) is 2.86. The average molecular weight is 254 g/mol. The van der Waals surface area contributed by atoms with E-state index in [1.165, 1.54) is 10.9 Å². The molecule has 1 aromatic heterocycles. The summed E-state index contributed by atoms with van der Waals surface area (Å²) < 4.78 is 0. The quantitative estimate of drug-likeness (QED) is 0.792. The minimum Gasteiger partial charge on any atom is -0.361 e. The van der Waals surface area contributed by atoms with Gasteiger partial charge in [0.15, 0.2) is 0 Å². The maximum absolute atomic E-state index is 11.8. The molecule has 0 saturated carbocycles. The number of carbonyl (C=O) groups excluding carboxylic acids is 1. The smallest absolute Gasteiger partial charge is 0.221 e. The largest absolute Gasteiger partial charge is 0.361 e. The standard InChI is InChI=1S/C16H18N2O/c1-3-13(4-2)18-16(19)10-9-12-11-17-15-8-6-5-7-14(12)15/h1,5-8,11,13,17H,4,9-10H2,2H3,(H,18,19). The molecular weight excluding hydrogens is 236 g/mol. The normalized spacial score (nSPS) is 12.0. The summed E-state index contributed by atoms with van der Waals surface area (Å²) in [5, 5.41) is 4.02. The Labute approximate surface area is 113 Å². The predicted molar refractivity (Wildman–Crippen MR) is 77.7 cm³/mol. The van der Waals surface area contributed by atoms with Crippen LogP contribution in [-0.4, -0.2) is 16.9 Å². The van der Waals surface area contributed by atoms with Gasteiger partial charge in [0, 0.05) is 23.5 Å². The predicted octanol–water partition coefficient (Wildman–Crippen LogP) is 2.63. The molecule has 0 aliphatic heterocycles. The second-order valence-electron chi connectivity index (χ2n) is 4.55. The fourth-order valence-electron chi connectivity index (χ4n) is 2.11. The molecule has 1 unspecified atom stereocenters. The minimum atomic E-state index is -0.157. The molecular formula is C16H18N2O. The number of hydrogen-bond donors (Lipinski definition) is 2. The van der Waals surface area contributed by atoms with E-state index in [0.717, 1.165) is 18.4 Å². The van der Waals surface area contributed by atoms with Crippen molar-refractivity contribution in [3.63, 3.8) is 0 Å². The second kappa shape index (κ2) is 6.10. The number of terminal acetylenes is 1. The van der Waals surface area contributed by atoms with Crippen LogP contribution in [0.15, 0.2) is 30.5 Å². The van der Waals surface area contributed by atoms with Gasteiger partial charge in [-0.25, -0.2) is 0 Å². The summed E-state index contributed by atoms with van der Waals surface area (Å²) in [6.07, 6.45) is 9.23. The first kappa shape index (κ1) is 13.2. The van der Waals surface area contributed by atoms with E-state index >= 15 is 0 Å². The Balaban J connectivity index is 1.96. The van der Waals surface area contributed by atoms with Crippen molar-refractivity contribution in [1.82, 2.24) is 10.3 Å². The molecule has 19 heavy (non-hydrogen) atoms. The molecule has 98 valence electrons. The SMILES string of the molecule is C#CC(CC)NC(=O)CCc1c[nH]c2ccccc12. The fourth-order valence-corrected chi connectivity index (χ4v) is 2.11. The highest BCUT2D eigenvalue weighted by atomic mass is 16.1. The summed E-state index contributed by atoms with van der Waals surface area (Å²) in [5.74, 6) is 2.58. The van der Waals surface area contributed by atoms with E-state index in [0.29, 0.717) is 6.42 Å². The number of para-hydroxylation sites is 1. The zero-order valence-corrected chi connectivity index (χ0v) is 11.1.